The number of anilines is 1. The summed E-state index contributed by atoms with van der Waals surface area (Å²) in [5.41, 5.74) is 6.39. The Morgan fingerprint density at radius 3 is 2.79 bits per heavy atom. The molecule has 4 nitrogen and oxygen atoms in total. The van der Waals surface area contributed by atoms with Crippen LogP contribution in [0.25, 0.3) is 0 Å². The highest BCUT2D eigenvalue weighted by Gasteiger charge is 2.03. The van der Waals surface area contributed by atoms with Crippen LogP contribution < -0.4 is 5.73 Å². The van der Waals surface area contributed by atoms with Gasteiger partial charge < -0.3 is 5.73 Å². The highest BCUT2D eigenvalue weighted by atomic mass is 35.5. The largest absolute Gasteiger partial charge is 0.367 e. The van der Waals surface area contributed by atoms with Crippen LogP contribution in [0.4, 0.5) is 5.95 Å². The third kappa shape index (κ3) is 1.85. The van der Waals surface area contributed by atoms with Crippen molar-refractivity contribution in [3.63, 3.8) is 0 Å². The zero-order valence-corrected chi connectivity index (χ0v) is 8.12. The number of halogens is 1. The number of nitrogens with one attached hydrogen (secondary N) is 1. The van der Waals surface area contributed by atoms with Crippen LogP contribution in [0, 0.1) is 0 Å². The van der Waals surface area contributed by atoms with Gasteiger partial charge in [-0.1, -0.05) is 29.8 Å². The third-order valence-electron chi connectivity index (χ3n) is 1.86. The summed E-state index contributed by atoms with van der Waals surface area (Å²) < 4.78 is 0. The van der Waals surface area contributed by atoms with Crippen molar-refractivity contribution in [1.29, 1.82) is 0 Å². The number of nitrogens with two attached hydrogens (primary N) is 1. The molecule has 72 valence electrons. The summed E-state index contributed by atoms with van der Waals surface area (Å²) in [7, 11) is 0. The second kappa shape index (κ2) is 3.67. The SMILES string of the molecule is Nc1n[nH]c(Cc2ccccc2Cl)n1. The molecule has 3 N–H and O–H groups in total. The summed E-state index contributed by atoms with van der Waals surface area (Å²) in [5.74, 6) is 0.975. The summed E-state index contributed by atoms with van der Waals surface area (Å²) in [6.07, 6.45) is 0.615. The topological polar surface area (TPSA) is 67.6 Å². The first-order valence-electron chi connectivity index (χ1n) is 4.16. The number of nitrogens with zero attached hydrogens (tertiary/aromatic N) is 2. The molecule has 14 heavy (non-hydrogen) atoms. The molecule has 0 spiro atoms. The fraction of sp³-hybridized carbons (Fsp3) is 0.111. The second-order valence-corrected chi connectivity index (χ2v) is 3.32. The number of aromatic nitrogens is 3. The van der Waals surface area contributed by atoms with E-state index < -0.39 is 0 Å². The third-order valence-corrected chi connectivity index (χ3v) is 2.23. The Morgan fingerprint density at radius 1 is 1.36 bits per heavy atom. The van der Waals surface area contributed by atoms with Crippen molar-refractivity contribution in [3.8, 4) is 0 Å². The van der Waals surface area contributed by atoms with E-state index in [1.807, 2.05) is 24.3 Å². The molecule has 0 aliphatic heterocycles. The lowest BCUT2D eigenvalue weighted by atomic mass is 10.1. The van der Waals surface area contributed by atoms with Gasteiger partial charge in [-0.05, 0) is 11.6 Å². The molecule has 0 saturated heterocycles. The lowest BCUT2D eigenvalue weighted by Gasteiger charge is -1.99. The Balaban J connectivity index is 2.23. The van der Waals surface area contributed by atoms with Gasteiger partial charge >= 0.3 is 0 Å². The van der Waals surface area contributed by atoms with Crippen LogP contribution in [0.5, 0.6) is 0 Å². The molecular weight excluding hydrogens is 200 g/mol. The Morgan fingerprint density at radius 2 is 2.14 bits per heavy atom. The van der Waals surface area contributed by atoms with Gasteiger partial charge in [-0.2, -0.15) is 4.98 Å². The lowest BCUT2D eigenvalue weighted by molar-refractivity contribution is 0.973. The monoisotopic (exact) mass is 208 g/mol. The molecule has 0 amide bonds. The number of hydrogen-bond acceptors (Lipinski definition) is 3. The molecule has 0 radical (unpaired) electrons. The smallest absolute Gasteiger partial charge is 0.239 e. The molecule has 0 unspecified atom stereocenters. The van der Waals surface area contributed by atoms with Crippen molar-refractivity contribution in [3.05, 3.63) is 40.7 Å². The van der Waals surface area contributed by atoms with Crippen LogP contribution in [0.15, 0.2) is 24.3 Å². The van der Waals surface area contributed by atoms with E-state index in [0.717, 1.165) is 16.4 Å². The van der Waals surface area contributed by atoms with Gasteiger partial charge in [0.1, 0.15) is 5.82 Å². The van der Waals surface area contributed by atoms with Gasteiger partial charge in [-0.15, -0.1) is 5.10 Å². The second-order valence-electron chi connectivity index (χ2n) is 2.91. The minimum atomic E-state index is 0.257. The molecular formula is C9H9ClN4. The molecule has 0 atom stereocenters. The Labute approximate surface area is 86.1 Å². The first kappa shape index (κ1) is 9.02. The molecule has 5 heteroatoms. The van der Waals surface area contributed by atoms with Crippen LogP contribution in [0.2, 0.25) is 5.02 Å². The number of rotatable bonds is 2. The maximum Gasteiger partial charge on any atom is 0.239 e. The molecule has 2 rings (SSSR count). The van der Waals surface area contributed by atoms with Crippen LogP contribution in [0.3, 0.4) is 0 Å². The summed E-state index contributed by atoms with van der Waals surface area (Å²) in [6, 6.07) is 7.61. The average molecular weight is 209 g/mol. The van der Waals surface area contributed by atoms with Crippen LogP contribution in [-0.4, -0.2) is 15.2 Å². The number of benzene rings is 1. The van der Waals surface area contributed by atoms with Gasteiger partial charge in [0.25, 0.3) is 0 Å². The number of nitrogen functional groups attached to an aromatic ring is 1. The summed E-state index contributed by atoms with van der Waals surface area (Å²) in [4.78, 5) is 4.00. The summed E-state index contributed by atoms with van der Waals surface area (Å²) >= 11 is 5.99. The fourth-order valence-corrected chi connectivity index (χ4v) is 1.41. The first-order chi connectivity index (χ1) is 6.75. The maximum absolute atomic E-state index is 5.99. The van der Waals surface area contributed by atoms with Crippen molar-refractivity contribution < 1.29 is 0 Å². The van der Waals surface area contributed by atoms with Gasteiger partial charge in [0, 0.05) is 11.4 Å². The van der Waals surface area contributed by atoms with Gasteiger partial charge in [0.05, 0.1) is 0 Å². The van der Waals surface area contributed by atoms with Crippen molar-refractivity contribution in [2.45, 2.75) is 6.42 Å². The summed E-state index contributed by atoms with van der Waals surface area (Å²) in [6.45, 7) is 0. The van der Waals surface area contributed by atoms with Crippen molar-refractivity contribution in [1.82, 2.24) is 15.2 Å². The number of H-pyrrole nitrogens is 1. The van der Waals surface area contributed by atoms with Crippen molar-refractivity contribution in [2.75, 3.05) is 5.73 Å². The summed E-state index contributed by atoms with van der Waals surface area (Å²) in [5, 5.41) is 7.20. The number of hydrogen-bond donors (Lipinski definition) is 2. The van der Waals surface area contributed by atoms with Crippen molar-refractivity contribution in [2.24, 2.45) is 0 Å². The highest BCUT2D eigenvalue weighted by molar-refractivity contribution is 6.31. The minimum Gasteiger partial charge on any atom is -0.367 e. The van der Waals surface area contributed by atoms with E-state index in [9.17, 15) is 0 Å². The van der Waals surface area contributed by atoms with Gasteiger partial charge in [0.2, 0.25) is 5.95 Å². The predicted octanol–water partition coefficient (Wildman–Crippen LogP) is 1.63. The van der Waals surface area contributed by atoms with Crippen LogP contribution in [0.1, 0.15) is 11.4 Å². The average Bonchev–Trinajstić information content (AvgIpc) is 2.56. The van der Waals surface area contributed by atoms with E-state index in [4.69, 9.17) is 17.3 Å². The molecule has 1 aromatic carbocycles. The van der Waals surface area contributed by atoms with E-state index in [2.05, 4.69) is 15.2 Å². The van der Waals surface area contributed by atoms with Gasteiger partial charge in [-0.25, -0.2) is 0 Å². The normalized spacial score (nSPS) is 10.4. The molecule has 0 aliphatic rings. The predicted molar refractivity (Wildman–Crippen MR) is 55.1 cm³/mol. The van der Waals surface area contributed by atoms with E-state index in [-0.39, 0.29) is 5.95 Å². The van der Waals surface area contributed by atoms with Crippen LogP contribution >= 0.6 is 11.6 Å². The quantitative estimate of drug-likeness (QED) is 0.788. The molecule has 2 aromatic rings. The van der Waals surface area contributed by atoms with E-state index in [1.165, 1.54) is 0 Å². The zero-order valence-electron chi connectivity index (χ0n) is 7.37. The fourth-order valence-electron chi connectivity index (χ4n) is 1.21. The standard InChI is InChI=1S/C9H9ClN4/c10-7-4-2-1-3-6(7)5-8-12-9(11)14-13-8/h1-4H,5H2,(H3,11,12,13,14). The van der Waals surface area contributed by atoms with Gasteiger partial charge in [0.15, 0.2) is 0 Å². The molecule has 0 bridgehead atoms. The molecule has 0 saturated carbocycles. The highest BCUT2D eigenvalue weighted by Crippen LogP contribution is 2.17. The van der Waals surface area contributed by atoms with E-state index in [1.54, 1.807) is 0 Å². The Kier molecular flexibility index (Phi) is 2.37. The molecule has 1 aromatic heterocycles. The maximum atomic E-state index is 5.99. The van der Waals surface area contributed by atoms with E-state index >= 15 is 0 Å². The molecule has 0 fully saturated rings. The van der Waals surface area contributed by atoms with E-state index in [0.29, 0.717) is 6.42 Å². The molecule has 0 aliphatic carbocycles. The molecule has 1 heterocycles. The number of aromatic amines is 1. The first-order valence-corrected chi connectivity index (χ1v) is 4.53. The zero-order chi connectivity index (χ0) is 9.97. The van der Waals surface area contributed by atoms with Crippen LogP contribution in [-0.2, 0) is 6.42 Å². The Hall–Kier alpha value is -1.55. The van der Waals surface area contributed by atoms with Gasteiger partial charge in [-0.3, -0.25) is 5.10 Å². The lowest BCUT2D eigenvalue weighted by Crippen LogP contribution is -1.92. The Bertz CT molecular complexity index is 438. The van der Waals surface area contributed by atoms with Crippen molar-refractivity contribution >= 4 is 17.5 Å². The minimum absolute atomic E-state index is 0.257.